The summed E-state index contributed by atoms with van der Waals surface area (Å²) in [5.41, 5.74) is 2.12. The molecular formula is C15H22N4. The Kier molecular flexibility index (Phi) is 3.17. The lowest BCUT2D eigenvalue weighted by atomic mass is 9.78. The average molecular weight is 258 g/mol. The lowest BCUT2D eigenvalue weighted by Gasteiger charge is -2.34. The SMILES string of the molecule is CC1CCCC(Nc2nccc3c2ncn3C)C1C. The zero-order valence-corrected chi connectivity index (χ0v) is 11.9. The molecule has 0 bridgehead atoms. The quantitative estimate of drug-likeness (QED) is 0.899. The molecule has 0 amide bonds. The average Bonchev–Trinajstić information content (AvgIpc) is 2.78. The van der Waals surface area contributed by atoms with E-state index in [9.17, 15) is 0 Å². The van der Waals surface area contributed by atoms with E-state index in [0.29, 0.717) is 12.0 Å². The molecule has 3 rings (SSSR count). The first kappa shape index (κ1) is 12.5. The first-order valence-corrected chi connectivity index (χ1v) is 7.19. The fourth-order valence-electron chi connectivity index (χ4n) is 3.13. The van der Waals surface area contributed by atoms with Crippen molar-refractivity contribution in [3.05, 3.63) is 18.6 Å². The molecular weight excluding hydrogens is 236 g/mol. The summed E-state index contributed by atoms with van der Waals surface area (Å²) in [7, 11) is 2.02. The highest BCUT2D eigenvalue weighted by Crippen LogP contribution is 2.32. The Bertz CT molecular complexity index is 575. The minimum atomic E-state index is 0.517. The van der Waals surface area contributed by atoms with Gasteiger partial charge in [-0.05, 0) is 24.3 Å². The Morgan fingerprint density at radius 2 is 2.11 bits per heavy atom. The summed E-state index contributed by atoms with van der Waals surface area (Å²) in [4.78, 5) is 8.95. The molecule has 0 saturated heterocycles. The van der Waals surface area contributed by atoms with Crippen LogP contribution in [0, 0.1) is 11.8 Å². The summed E-state index contributed by atoms with van der Waals surface area (Å²) in [6.07, 6.45) is 7.60. The topological polar surface area (TPSA) is 42.7 Å². The molecule has 2 aromatic heterocycles. The van der Waals surface area contributed by atoms with Crippen molar-refractivity contribution in [1.29, 1.82) is 0 Å². The monoisotopic (exact) mass is 258 g/mol. The van der Waals surface area contributed by atoms with E-state index in [1.165, 1.54) is 19.3 Å². The second-order valence-electron chi connectivity index (χ2n) is 5.90. The van der Waals surface area contributed by atoms with Gasteiger partial charge in [0.1, 0.15) is 5.52 Å². The molecule has 0 spiro atoms. The number of imidazole rings is 1. The van der Waals surface area contributed by atoms with Crippen LogP contribution in [0.25, 0.3) is 11.0 Å². The first-order chi connectivity index (χ1) is 9.16. The normalized spacial score (nSPS) is 27.6. The number of hydrogen-bond donors (Lipinski definition) is 1. The van der Waals surface area contributed by atoms with Crippen molar-refractivity contribution in [2.24, 2.45) is 18.9 Å². The third-order valence-electron chi connectivity index (χ3n) is 4.67. The van der Waals surface area contributed by atoms with Crippen LogP contribution < -0.4 is 5.32 Å². The first-order valence-electron chi connectivity index (χ1n) is 7.19. The van der Waals surface area contributed by atoms with Gasteiger partial charge in [-0.15, -0.1) is 0 Å². The Hall–Kier alpha value is -1.58. The molecule has 2 heterocycles. The van der Waals surface area contributed by atoms with Crippen LogP contribution in [0.1, 0.15) is 33.1 Å². The van der Waals surface area contributed by atoms with Gasteiger partial charge in [-0.1, -0.05) is 26.7 Å². The summed E-state index contributed by atoms with van der Waals surface area (Å²) >= 11 is 0. The van der Waals surface area contributed by atoms with E-state index >= 15 is 0 Å². The number of aromatic nitrogens is 3. The molecule has 102 valence electrons. The maximum Gasteiger partial charge on any atom is 0.154 e. The summed E-state index contributed by atoms with van der Waals surface area (Å²) in [5, 5.41) is 3.63. The second kappa shape index (κ2) is 4.83. The van der Waals surface area contributed by atoms with Gasteiger partial charge in [-0.3, -0.25) is 0 Å². The molecule has 3 unspecified atom stereocenters. The fraction of sp³-hybridized carbons (Fsp3) is 0.600. The highest BCUT2D eigenvalue weighted by atomic mass is 15.1. The van der Waals surface area contributed by atoms with Gasteiger partial charge in [0.05, 0.1) is 11.8 Å². The van der Waals surface area contributed by atoms with Crippen LogP contribution in [0.2, 0.25) is 0 Å². The molecule has 0 aliphatic heterocycles. The molecule has 0 radical (unpaired) electrons. The number of nitrogens with one attached hydrogen (secondary N) is 1. The fourth-order valence-corrected chi connectivity index (χ4v) is 3.13. The van der Waals surface area contributed by atoms with Crippen LogP contribution in [0.4, 0.5) is 5.82 Å². The molecule has 19 heavy (non-hydrogen) atoms. The highest BCUT2D eigenvalue weighted by molar-refractivity contribution is 5.85. The minimum absolute atomic E-state index is 0.517. The molecule has 1 aliphatic carbocycles. The van der Waals surface area contributed by atoms with Crippen molar-refractivity contribution in [1.82, 2.24) is 14.5 Å². The van der Waals surface area contributed by atoms with Crippen LogP contribution in [-0.2, 0) is 7.05 Å². The number of nitrogens with zero attached hydrogens (tertiary/aromatic N) is 3. The van der Waals surface area contributed by atoms with Gasteiger partial charge in [0.25, 0.3) is 0 Å². The molecule has 1 N–H and O–H groups in total. The smallest absolute Gasteiger partial charge is 0.154 e. The molecule has 0 aromatic carbocycles. The van der Waals surface area contributed by atoms with Gasteiger partial charge < -0.3 is 9.88 Å². The number of aryl methyl sites for hydroxylation is 1. The number of anilines is 1. The molecule has 3 atom stereocenters. The molecule has 2 aromatic rings. The van der Waals surface area contributed by atoms with Crippen molar-refractivity contribution in [3.63, 3.8) is 0 Å². The van der Waals surface area contributed by atoms with E-state index in [0.717, 1.165) is 22.8 Å². The van der Waals surface area contributed by atoms with Crippen molar-refractivity contribution in [3.8, 4) is 0 Å². The maximum atomic E-state index is 4.49. The van der Waals surface area contributed by atoms with Gasteiger partial charge in [-0.2, -0.15) is 0 Å². The second-order valence-corrected chi connectivity index (χ2v) is 5.90. The van der Waals surface area contributed by atoms with E-state index in [1.54, 1.807) is 0 Å². The van der Waals surface area contributed by atoms with Crippen LogP contribution >= 0.6 is 0 Å². The van der Waals surface area contributed by atoms with Crippen LogP contribution in [0.5, 0.6) is 0 Å². The van der Waals surface area contributed by atoms with E-state index < -0.39 is 0 Å². The number of rotatable bonds is 2. The predicted molar refractivity (Wildman–Crippen MR) is 78.1 cm³/mol. The lowest BCUT2D eigenvalue weighted by Crippen LogP contribution is -2.35. The predicted octanol–water partition coefficient (Wildman–Crippen LogP) is 3.20. The number of pyridine rings is 1. The van der Waals surface area contributed by atoms with Gasteiger partial charge in [0, 0.05) is 19.3 Å². The molecule has 1 aliphatic rings. The van der Waals surface area contributed by atoms with Crippen molar-refractivity contribution < 1.29 is 0 Å². The summed E-state index contributed by atoms with van der Waals surface area (Å²) in [5.74, 6) is 2.41. The Balaban J connectivity index is 1.89. The van der Waals surface area contributed by atoms with E-state index in [1.807, 2.05) is 30.2 Å². The minimum Gasteiger partial charge on any atom is -0.365 e. The third kappa shape index (κ3) is 2.20. The Morgan fingerprint density at radius 1 is 1.26 bits per heavy atom. The maximum absolute atomic E-state index is 4.49. The summed E-state index contributed by atoms with van der Waals surface area (Å²) < 4.78 is 2.04. The van der Waals surface area contributed by atoms with Gasteiger partial charge >= 0.3 is 0 Å². The number of fused-ring (bicyclic) bond motifs is 1. The summed E-state index contributed by atoms with van der Waals surface area (Å²) in [6.45, 7) is 4.70. The van der Waals surface area contributed by atoms with E-state index in [-0.39, 0.29) is 0 Å². The van der Waals surface area contributed by atoms with Crippen molar-refractivity contribution >= 4 is 16.9 Å². The van der Waals surface area contributed by atoms with Crippen LogP contribution in [0.3, 0.4) is 0 Å². The van der Waals surface area contributed by atoms with Gasteiger partial charge in [-0.25, -0.2) is 9.97 Å². The largest absolute Gasteiger partial charge is 0.365 e. The van der Waals surface area contributed by atoms with Crippen LogP contribution in [0.15, 0.2) is 18.6 Å². The Morgan fingerprint density at radius 3 is 2.95 bits per heavy atom. The van der Waals surface area contributed by atoms with Crippen molar-refractivity contribution in [2.75, 3.05) is 5.32 Å². The standard InChI is InChI=1S/C15H22N4/c1-10-5-4-6-12(11(10)2)18-15-14-13(7-8-16-15)19(3)9-17-14/h7-12H,4-6H2,1-3H3,(H,16,18). The highest BCUT2D eigenvalue weighted by Gasteiger charge is 2.27. The lowest BCUT2D eigenvalue weighted by molar-refractivity contribution is 0.253. The zero-order valence-electron chi connectivity index (χ0n) is 11.9. The van der Waals surface area contributed by atoms with E-state index in [4.69, 9.17) is 0 Å². The molecule has 1 fully saturated rings. The van der Waals surface area contributed by atoms with Crippen molar-refractivity contribution in [2.45, 2.75) is 39.2 Å². The molecule has 4 heteroatoms. The van der Waals surface area contributed by atoms with Gasteiger partial charge in [0.2, 0.25) is 0 Å². The molecule has 4 nitrogen and oxygen atoms in total. The van der Waals surface area contributed by atoms with E-state index in [2.05, 4.69) is 29.1 Å². The molecule has 1 saturated carbocycles. The number of hydrogen-bond acceptors (Lipinski definition) is 3. The third-order valence-corrected chi connectivity index (χ3v) is 4.67. The summed E-state index contributed by atoms with van der Waals surface area (Å²) in [6, 6.07) is 2.53. The zero-order chi connectivity index (χ0) is 13.4. The Labute approximate surface area is 114 Å². The van der Waals surface area contributed by atoms with Gasteiger partial charge in [0.15, 0.2) is 5.82 Å². The van der Waals surface area contributed by atoms with Crippen LogP contribution in [-0.4, -0.2) is 20.6 Å².